The molecule has 1 rings (SSSR count). The molecule has 0 saturated carbocycles. The van der Waals surface area contributed by atoms with Crippen LogP contribution < -0.4 is 5.32 Å². The van der Waals surface area contributed by atoms with Crippen molar-refractivity contribution in [1.82, 2.24) is 0 Å². The van der Waals surface area contributed by atoms with Gasteiger partial charge in [0.1, 0.15) is 6.29 Å². The van der Waals surface area contributed by atoms with Crippen molar-refractivity contribution >= 4 is 17.9 Å². The Hall–Kier alpha value is -1.64. The molecule has 0 aliphatic rings. The molecule has 0 bridgehead atoms. The quantitative estimate of drug-likeness (QED) is 0.397. The van der Waals surface area contributed by atoms with Gasteiger partial charge in [0.05, 0.1) is 0 Å². The average Bonchev–Trinajstić information content (AvgIpc) is 2.55. The molecule has 23 heavy (non-hydrogen) atoms. The molecular weight excluding hydrogens is 286 g/mol. The number of benzene rings is 1. The van der Waals surface area contributed by atoms with Gasteiger partial charge in [-0.1, -0.05) is 70.4 Å². The van der Waals surface area contributed by atoms with Crippen molar-refractivity contribution in [1.29, 1.82) is 0 Å². The molecule has 128 valence electrons. The van der Waals surface area contributed by atoms with Crippen LogP contribution in [0.25, 0.3) is 0 Å². The second-order valence-electron chi connectivity index (χ2n) is 6.19. The van der Waals surface area contributed by atoms with E-state index in [1.54, 1.807) is 0 Å². The van der Waals surface area contributed by atoms with E-state index in [0.29, 0.717) is 12.8 Å². The summed E-state index contributed by atoms with van der Waals surface area (Å²) >= 11 is 0. The summed E-state index contributed by atoms with van der Waals surface area (Å²) in [6.07, 6.45) is 13.2. The number of nitrogens with one attached hydrogen (secondary N) is 1. The van der Waals surface area contributed by atoms with Gasteiger partial charge in [-0.15, -0.1) is 0 Å². The number of aldehydes is 1. The molecule has 3 heteroatoms. The Bertz CT molecular complexity index is 439. The van der Waals surface area contributed by atoms with Gasteiger partial charge in [0.25, 0.3) is 0 Å². The molecule has 1 aromatic carbocycles. The lowest BCUT2D eigenvalue weighted by Crippen LogP contribution is -2.11. The third kappa shape index (κ3) is 9.88. The lowest BCUT2D eigenvalue weighted by Gasteiger charge is -2.06. The van der Waals surface area contributed by atoms with Crippen LogP contribution in [0.4, 0.5) is 5.69 Å². The van der Waals surface area contributed by atoms with Gasteiger partial charge in [-0.25, -0.2) is 0 Å². The summed E-state index contributed by atoms with van der Waals surface area (Å²) in [5.41, 5.74) is 1.78. The molecule has 0 atom stereocenters. The van der Waals surface area contributed by atoms with E-state index in [1.807, 2.05) is 24.3 Å². The summed E-state index contributed by atoms with van der Waals surface area (Å²) in [5, 5.41) is 2.91. The zero-order valence-electron chi connectivity index (χ0n) is 14.5. The number of unbranched alkanes of at least 4 members (excludes halogenated alkanes) is 8. The van der Waals surface area contributed by atoms with E-state index < -0.39 is 0 Å². The minimum absolute atomic E-state index is 0.0797. The first kappa shape index (κ1) is 19.4. The lowest BCUT2D eigenvalue weighted by atomic mass is 10.1. The predicted molar refractivity (Wildman–Crippen MR) is 96.7 cm³/mol. The molecule has 0 spiro atoms. The van der Waals surface area contributed by atoms with Gasteiger partial charge in [-0.2, -0.15) is 0 Å². The number of anilines is 1. The van der Waals surface area contributed by atoms with Crippen LogP contribution in [0.2, 0.25) is 0 Å². The molecular formula is C20H31NO2. The summed E-state index contributed by atoms with van der Waals surface area (Å²) in [7, 11) is 0. The highest BCUT2D eigenvalue weighted by molar-refractivity contribution is 5.90. The van der Waals surface area contributed by atoms with Gasteiger partial charge in [0, 0.05) is 18.5 Å². The minimum atomic E-state index is 0.0797. The van der Waals surface area contributed by atoms with Crippen LogP contribution in [0.3, 0.4) is 0 Å². The van der Waals surface area contributed by atoms with Crippen molar-refractivity contribution in [3.63, 3.8) is 0 Å². The molecule has 0 radical (unpaired) electrons. The largest absolute Gasteiger partial charge is 0.326 e. The Morgan fingerprint density at radius 1 is 0.913 bits per heavy atom. The Morgan fingerprint density at radius 2 is 1.48 bits per heavy atom. The normalized spacial score (nSPS) is 10.5. The van der Waals surface area contributed by atoms with Crippen LogP contribution in [0, 0.1) is 0 Å². The summed E-state index contributed by atoms with van der Waals surface area (Å²) in [4.78, 5) is 22.3. The molecule has 0 saturated heterocycles. The summed E-state index contributed by atoms with van der Waals surface area (Å²) < 4.78 is 0. The summed E-state index contributed by atoms with van der Waals surface area (Å²) in [5.74, 6) is 0.0797. The number of carbonyl (C=O) groups excluding carboxylic acids is 2. The fourth-order valence-electron chi connectivity index (χ4n) is 2.64. The molecule has 3 nitrogen and oxygen atoms in total. The summed E-state index contributed by atoms with van der Waals surface area (Å²) in [6, 6.07) is 7.46. The zero-order valence-corrected chi connectivity index (χ0v) is 14.5. The van der Waals surface area contributed by atoms with E-state index in [4.69, 9.17) is 0 Å². The second-order valence-corrected chi connectivity index (χ2v) is 6.19. The van der Waals surface area contributed by atoms with E-state index in [2.05, 4.69) is 12.2 Å². The molecule has 0 aliphatic heterocycles. The minimum Gasteiger partial charge on any atom is -0.326 e. The van der Waals surface area contributed by atoms with Gasteiger partial charge in [-0.3, -0.25) is 4.79 Å². The molecule has 0 fully saturated rings. The Balaban J connectivity index is 2.04. The van der Waals surface area contributed by atoms with Gasteiger partial charge in [-0.05, 0) is 24.1 Å². The standard InChI is InChI=1S/C20H31NO2/c1-2-3-4-5-6-7-8-9-10-11-20(23)21-19-14-12-18(13-15-19)16-17-22/h12-15,17H,2-11,16H2,1H3,(H,21,23). The highest BCUT2D eigenvalue weighted by Gasteiger charge is 2.02. The molecule has 0 aliphatic carbocycles. The molecule has 0 heterocycles. The van der Waals surface area contributed by atoms with Crippen molar-refractivity contribution in [3.05, 3.63) is 29.8 Å². The Labute approximate surface area is 140 Å². The summed E-state index contributed by atoms with van der Waals surface area (Å²) in [6.45, 7) is 2.24. The average molecular weight is 317 g/mol. The first-order chi connectivity index (χ1) is 11.3. The van der Waals surface area contributed by atoms with Crippen LogP contribution in [-0.4, -0.2) is 12.2 Å². The predicted octanol–water partition coefficient (Wildman–Crippen LogP) is 5.29. The van der Waals surface area contributed by atoms with E-state index in [0.717, 1.165) is 30.4 Å². The highest BCUT2D eigenvalue weighted by Crippen LogP contribution is 2.13. The monoisotopic (exact) mass is 317 g/mol. The van der Waals surface area contributed by atoms with E-state index in [9.17, 15) is 9.59 Å². The topological polar surface area (TPSA) is 46.2 Å². The number of hydrogen-bond donors (Lipinski definition) is 1. The van der Waals surface area contributed by atoms with Crippen molar-refractivity contribution in [2.24, 2.45) is 0 Å². The molecule has 0 unspecified atom stereocenters. The third-order valence-corrected chi connectivity index (χ3v) is 4.06. The number of hydrogen-bond acceptors (Lipinski definition) is 2. The van der Waals surface area contributed by atoms with Crippen molar-refractivity contribution in [2.75, 3.05) is 5.32 Å². The van der Waals surface area contributed by atoms with E-state index in [-0.39, 0.29) is 5.91 Å². The highest BCUT2D eigenvalue weighted by atomic mass is 16.1. The maximum atomic E-state index is 11.9. The van der Waals surface area contributed by atoms with Crippen LogP contribution in [0.5, 0.6) is 0 Å². The molecule has 1 aromatic rings. The first-order valence-electron chi connectivity index (χ1n) is 9.08. The van der Waals surface area contributed by atoms with Gasteiger partial charge >= 0.3 is 0 Å². The molecule has 1 amide bonds. The number of rotatable bonds is 13. The maximum absolute atomic E-state index is 11.9. The van der Waals surface area contributed by atoms with Gasteiger partial charge in [0.15, 0.2) is 0 Å². The SMILES string of the molecule is CCCCCCCCCCCC(=O)Nc1ccc(CC=O)cc1. The Morgan fingerprint density at radius 3 is 2.04 bits per heavy atom. The van der Waals surface area contributed by atoms with Gasteiger partial charge < -0.3 is 10.1 Å². The molecule has 1 N–H and O–H groups in total. The van der Waals surface area contributed by atoms with Crippen molar-refractivity contribution in [3.8, 4) is 0 Å². The van der Waals surface area contributed by atoms with E-state index in [1.165, 1.54) is 44.9 Å². The van der Waals surface area contributed by atoms with Crippen LogP contribution in [0.1, 0.15) is 76.7 Å². The number of amides is 1. The second kappa shape index (κ2) is 12.9. The fourth-order valence-corrected chi connectivity index (χ4v) is 2.64. The van der Waals surface area contributed by atoms with Crippen molar-refractivity contribution < 1.29 is 9.59 Å². The molecule has 0 aromatic heterocycles. The number of carbonyl (C=O) groups is 2. The van der Waals surface area contributed by atoms with E-state index >= 15 is 0 Å². The van der Waals surface area contributed by atoms with Crippen LogP contribution in [-0.2, 0) is 16.0 Å². The third-order valence-electron chi connectivity index (χ3n) is 4.06. The maximum Gasteiger partial charge on any atom is 0.224 e. The van der Waals surface area contributed by atoms with Crippen LogP contribution >= 0.6 is 0 Å². The fraction of sp³-hybridized carbons (Fsp3) is 0.600. The van der Waals surface area contributed by atoms with Gasteiger partial charge in [0.2, 0.25) is 5.91 Å². The lowest BCUT2D eigenvalue weighted by molar-refractivity contribution is -0.116. The van der Waals surface area contributed by atoms with Crippen LogP contribution in [0.15, 0.2) is 24.3 Å². The van der Waals surface area contributed by atoms with Crippen molar-refractivity contribution in [2.45, 2.75) is 77.6 Å². The zero-order chi connectivity index (χ0) is 16.8. The smallest absolute Gasteiger partial charge is 0.224 e. The first-order valence-corrected chi connectivity index (χ1v) is 9.08. The Kier molecular flexibility index (Phi) is 10.9.